The highest BCUT2D eigenvalue weighted by atomic mass is 32.1. The van der Waals surface area contributed by atoms with Crippen LogP contribution in [0.25, 0.3) is 0 Å². The molecule has 17 nitrogen and oxygen atoms in total. The number of nitrogens with one attached hydrogen (secondary N) is 2. The van der Waals surface area contributed by atoms with Crippen molar-refractivity contribution < 1.29 is 42.8 Å². The summed E-state index contributed by atoms with van der Waals surface area (Å²) in [7, 11) is 4.46. The molecule has 0 bridgehead atoms. The number of hydrogen-bond donors (Lipinski definition) is 3. The predicted octanol–water partition coefficient (Wildman–Crippen LogP) is 3.13. The van der Waals surface area contributed by atoms with Crippen molar-refractivity contribution in [3.05, 3.63) is 18.2 Å². The zero-order chi connectivity index (χ0) is 33.2. The van der Waals surface area contributed by atoms with Gasteiger partial charge < -0.3 is 39.5 Å². The van der Waals surface area contributed by atoms with Gasteiger partial charge in [-0.3, -0.25) is 10.1 Å². The van der Waals surface area contributed by atoms with Gasteiger partial charge in [0.25, 0.3) is 0 Å². The number of alkyl carbamates (subject to hydrolysis) is 1. The Labute approximate surface area is 259 Å². The third-order valence-electron chi connectivity index (χ3n) is 3.73. The molecule has 0 spiro atoms. The summed E-state index contributed by atoms with van der Waals surface area (Å²) in [5.41, 5.74) is 5.45. The fraction of sp³-hybridized carbons (Fsp3) is 0.458. The van der Waals surface area contributed by atoms with Crippen molar-refractivity contribution in [2.45, 2.75) is 34.6 Å². The number of hydrogen-bond acceptors (Lipinski definition) is 16. The number of nitrogen functional groups attached to an aromatic ring is 1. The van der Waals surface area contributed by atoms with E-state index in [0.29, 0.717) is 36.4 Å². The molecule has 0 fully saturated rings. The number of carbonyl (C=O) groups excluding carboxylic acids is 3. The van der Waals surface area contributed by atoms with Crippen molar-refractivity contribution in [1.82, 2.24) is 25.3 Å². The minimum Gasteiger partial charge on any atom is -0.491 e. The average Bonchev–Trinajstić information content (AvgIpc) is 2.94. The third kappa shape index (κ3) is 20.7. The Morgan fingerprint density at radius 3 is 1.95 bits per heavy atom. The number of aliphatic imine (C=N–C) groups is 1. The fourth-order valence-corrected chi connectivity index (χ4v) is 2.37. The van der Waals surface area contributed by atoms with Gasteiger partial charge in [-0.1, -0.05) is 0 Å². The van der Waals surface area contributed by atoms with Crippen LogP contribution in [0.15, 0.2) is 17.4 Å². The molecule has 2 rings (SSSR count). The van der Waals surface area contributed by atoms with Crippen molar-refractivity contribution >= 4 is 64.5 Å². The number of aromatic nitrogens is 4. The van der Waals surface area contributed by atoms with Crippen LogP contribution in [0, 0.1) is 6.92 Å². The lowest BCUT2D eigenvalue weighted by Gasteiger charge is -2.11. The van der Waals surface area contributed by atoms with Crippen LogP contribution in [-0.2, 0) is 19.0 Å². The van der Waals surface area contributed by atoms with Crippen LogP contribution in [0.1, 0.15) is 33.5 Å². The second kappa shape index (κ2) is 25.0. The standard InChI is InChI=1S/C10H14N4O3S.C6H9N3O2.C4H5NO2S.C4H8O2/c1-4-17-10(15)14-9(18)13-8-7(16-3)5-11-6(2)12-8;1-10-4-3-8-6(11-2)9-5(4)7;1-2-7-4(6)5-3-8;1-3-6-4(2)5/h5H,4H2,1-3H3,(H2,11,12,13,14,15,18);3H,1-2H3,(H2,7,8,9);2H2,1H3;3H2,1-2H3. The first kappa shape index (κ1) is 40.4. The Balaban J connectivity index is 0. The molecular weight excluding hydrogens is 608 g/mol. The molecule has 4 N–H and O–H groups in total. The zero-order valence-electron chi connectivity index (χ0n) is 25.1. The summed E-state index contributed by atoms with van der Waals surface area (Å²) in [6.07, 6.45) is 1.67. The summed E-state index contributed by atoms with van der Waals surface area (Å²) < 4.78 is 28.1. The molecule has 0 saturated carbocycles. The van der Waals surface area contributed by atoms with Gasteiger partial charge in [-0.25, -0.2) is 19.6 Å². The molecule has 0 radical (unpaired) electrons. The van der Waals surface area contributed by atoms with Gasteiger partial charge in [0.05, 0.1) is 58.7 Å². The number of anilines is 2. The van der Waals surface area contributed by atoms with Gasteiger partial charge in [-0.15, -0.1) is 4.99 Å². The molecule has 2 heterocycles. The average molecular weight is 645 g/mol. The number of rotatable bonds is 7. The van der Waals surface area contributed by atoms with Gasteiger partial charge in [-0.05, 0) is 52.1 Å². The number of ether oxygens (including phenoxy) is 6. The fourth-order valence-electron chi connectivity index (χ4n) is 2.12. The smallest absolute Gasteiger partial charge is 0.442 e. The Hall–Kier alpha value is -4.74. The van der Waals surface area contributed by atoms with Crippen molar-refractivity contribution in [2.24, 2.45) is 4.99 Å². The molecule has 43 heavy (non-hydrogen) atoms. The van der Waals surface area contributed by atoms with E-state index in [0.717, 1.165) is 0 Å². The highest BCUT2D eigenvalue weighted by Crippen LogP contribution is 2.20. The number of methoxy groups -OCH3 is 3. The number of aryl methyl sites for hydroxylation is 1. The van der Waals surface area contributed by atoms with Crippen LogP contribution < -0.4 is 30.6 Å². The first-order valence-electron chi connectivity index (χ1n) is 12.1. The molecular formula is C24H36N8O9S2. The predicted molar refractivity (Wildman–Crippen MR) is 164 cm³/mol. The molecule has 2 aromatic rings. The van der Waals surface area contributed by atoms with E-state index in [9.17, 15) is 14.4 Å². The van der Waals surface area contributed by atoms with Crippen molar-refractivity contribution in [3.8, 4) is 17.5 Å². The van der Waals surface area contributed by atoms with Gasteiger partial charge in [0.2, 0.25) is 0 Å². The van der Waals surface area contributed by atoms with E-state index in [4.69, 9.17) is 32.2 Å². The maximum Gasteiger partial charge on any atom is 0.442 e. The van der Waals surface area contributed by atoms with E-state index in [1.54, 1.807) is 27.7 Å². The largest absolute Gasteiger partial charge is 0.491 e. The molecule has 19 heteroatoms. The summed E-state index contributed by atoms with van der Waals surface area (Å²) in [6, 6.07) is 0.239. The lowest BCUT2D eigenvalue weighted by molar-refractivity contribution is -0.140. The summed E-state index contributed by atoms with van der Waals surface area (Å²) in [5.74, 6) is 1.88. The molecule has 2 amide bonds. The quantitative estimate of drug-likeness (QED) is 0.170. The highest BCUT2D eigenvalue weighted by Gasteiger charge is 2.10. The number of nitrogens with zero attached hydrogens (tertiary/aromatic N) is 5. The maximum absolute atomic E-state index is 11.1. The van der Waals surface area contributed by atoms with E-state index >= 15 is 0 Å². The second-order valence-corrected chi connectivity index (χ2v) is 7.36. The molecule has 0 aliphatic heterocycles. The maximum atomic E-state index is 11.1. The normalized spacial score (nSPS) is 8.74. The zero-order valence-corrected chi connectivity index (χ0v) is 26.7. The van der Waals surface area contributed by atoms with Crippen LogP contribution in [0.5, 0.6) is 17.5 Å². The summed E-state index contributed by atoms with van der Waals surface area (Å²) in [6.45, 7) is 9.36. The first-order chi connectivity index (χ1) is 20.4. The summed E-state index contributed by atoms with van der Waals surface area (Å²) in [5, 5.41) is 7.04. The van der Waals surface area contributed by atoms with Crippen molar-refractivity contribution in [1.29, 1.82) is 0 Å². The number of isothiocyanates is 1. The molecule has 0 atom stereocenters. The topological polar surface area (TPSA) is 221 Å². The van der Waals surface area contributed by atoms with Gasteiger partial charge >= 0.3 is 24.2 Å². The van der Waals surface area contributed by atoms with Gasteiger partial charge in [-0.2, -0.15) is 9.97 Å². The molecule has 0 unspecified atom stereocenters. The Morgan fingerprint density at radius 2 is 1.51 bits per heavy atom. The molecule has 238 valence electrons. The third-order valence-corrected chi connectivity index (χ3v) is 4.03. The van der Waals surface area contributed by atoms with Gasteiger partial charge in [0, 0.05) is 6.92 Å². The highest BCUT2D eigenvalue weighted by molar-refractivity contribution is 7.80. The minimum absolute atomic E-state index is 0.0739. The van der Waals surface area contributed by atoms with E-state index in [2.05, 4.69) is 62.0 Å². The van der Waals surface area contributed by atoms with E-state index in [1.165, 1.54) is 40.6 Å². The Kier molecular flexibility index (Phi) is 23.5. The second-order valence-electron chi connectivity index (χ2n) is 6.77. The van der Waals surface area contributed by atoms with E-state index in [1.807, 2.05) is 5.16 Å². The van der Waals surface area contributed by atoms with E-state index < -0.39 is 12.2 Å². The Bertz CT molecular complexity index is 1220. The van der Waals surface area contributed by atoms with Crippen LogP contribution in [-0.4, -0.2) is 89.5 Å². The number of nitrogens with two attached hydrogens (primary N) is 1. The summed E-state index contributed by atoms with van der Waals surface area (Å²) >= 11 is 9.06. The SMILES string of the molecule is CCOC(=O)N=C=S.CCOC(=O)NC(=S)Nc1nc(C)ncc1OC.CCOC(C)=O.COc1ncc(OC)c(N)n1. The molecule has 0 aliphatic carbocycles. The number of thiocarbonyl (C=S) groups is 2. The van der Waals surface area contributed by atoms with Crippen LogP contribution in [0.3, 0.4) is 0 Å². The van der Waals surface area contributed by atoms with E-state index in [-0.39, 0.29) is 29.5 Å². The Morgan fingerprint density at radius 1 is 0.930 bits per heavy atom. The molecule has 0 saturated heterocycles. The number of esters is 1. The van der Waals surface area contributed by atoms with Gasteiger partial charge in [0.1, 0.15) is 5.82 Å². The number of amides is 2. The van der Waals surface area contributed by atoms with Crippen LogP contribution in [0.4, 0.5) is 21.2 Å². The van der Waals surface area contributed by atoms with Crippen LogP contribution >= 0.6 is 24.4 Å². The summed E-state index contributed by atoms with van der Waals surface area (Å²) in [4.78, 5) is 49.8. The van der Waals surface area contributed by atoms with Crippen molar-refractivity contribution in [2.75, 3.05) is 52.2 Å². The lowest BCUT2D eigenvalue weighted by Crippen LogP contribution is -2.34. The van der Waals surface area contributed by atoms with Gasteiger partial charge in [0.15, 0.2) is 28.2 Å². The molecule has 0 aromatic carbocycles. The first-order valence-corrected chi connectivity index (χ1v) is 12.9. The van der Waals surface area contributed by atoms with Crippen molar-refractivity contribution in [3.63, 3.8) is 0 Å². The molecule has 2 aromatic heterocycles. The minimum atomic E-state index is -0.678. The molecule has 0 aliphatic rings. The van der Waals surface area contributed by atoms with Crippen LogP contribution in [0.2, 0.25) is 0 Å². The lowest BCUT2D eigenvalue weighted by atomic mass is 10.5. The monoisotopic (exact) mass is 644 g/mol. The number of carbonyl (C=O) groups is 3.